The number of carbonyl (C=O) groups is 1. The number of piperidine rings is 1. The van der Waals surface area contributed by atoms with Crippen LogP contribution in [0.4, 0.5) is 13.2 Å². The highest BCUT2D eigenvalue weighted by atomic mass is 19.4. The molecule has 2 aromatic carbocycles. The summed E-state index contributed by atoms with van der Waals surface area (Å²) >= 11 is 0. The lowest BCUT2D eigenvalue weighted by Crippen LogP contribution is -2.51. The molecule has 36 heavy (non-hydrogen) atoms. The molecule has 0 N–H and O–H groups in total. The van der Waals surface area contributed by atoms with E-state index in [1.807, 2.05) is 0 Å². The van der Waals surface area contributed by atoms with E-state index in [0.29, 0.717) is 17.5 Å². The number of nitrogens with zero attached hydrogens (tertiary/aromatic N) is 2. The number of hydrogen-bond acceptors (Lipinski definition) is 2. The summed E-state index contributed by atoms with van der Waals surface area (Å²) < 4.78 is 39.2. The molecule has 194 valence electrons. The van der Waals surface area contributed by atoms with Gasteiger partial charge in [-0.3, -0.25) is 4.79 Å². The quantitative estimate of drug-likeness (QED) is 0.422. The first-order valence-electron chi connectivity index (χ1n) is 13.6. The Morgan fingerprint density at radius 2 is 1.42 bits per heavy atom. The molecule has 3 nitrogen and oxygen atoms in total. The van der Waals surface area contributed by atoms with E-state index in [4.69, 9.17) is 0 Å². The zero-order valence-electron chi connectivity index (χ0n) is 21.1. The van der Waals surface area contributed by atoms with Gasteiger partial charge >= 0.3 is 6.18 Å². The van der Waals surface area contributed by atoms with E-state index in [9.17, 15) is 18.0 Å². The molecular weight excluding hydrogens is 461 g/mol. The van der Waals surface area contributed by atoms with Gasteiger partial charge in [-0.05, 0) is 87.5 Å². The third-order valence-electron chi connectivity index (χ3n) is 8.70. The first-order valence-corrected chi connectivity index (χ1v) is 13.6. The Hall–Kier alpha value is -2.34. The molecule has 1 amide bonds. The standard InChI is InChI=1S/C30H37F3N2O/c1-21(30(31,32)33)22-7-9-25(10-8-22)29(36)35(27-15-16-27)28-17-19-34(20-18-28)26-13-11-24(12-14-26)23-5-3-2-4-6-23/h2-10,21,24,26-28H,11-20H2,1H3/t21?,24-,26+. The molecule has 5 rings (SSSR count). The van der Waals surface area contributed by atoms with Gasteiger partial charge in [0.05, 0.1) is 5.92 Å². The van der Waals surface area contributed by atoms with E-state index in [0.717, 1.165) is 45.7 Å². The first-order chi connectivity index (χ1) is 17.3. The number of benzene rings is 2. The fraction of sp³-hybridized carbons (Fsp3) is 0.567. The fourth-order valence-corrected chi connectivity index (χ4v) is 6.26. The van der Waals surface area contributed by atoms with Gasteiger partial charge in [-0.2, -0.15) is 13.2 Å². The van der Waals surface area contributed by atoms with Crippen LogP contribution in [0.2, 0.25) is 0 Å². The lowest BCUT2D eigenvalue weighted by Gasteiger charge is -2.43. The second-order valence-corrected chi connectivity index (χ2v) is 11.0. The number of likely N-dealkylation sites (tertiary alicyclic amines) is 1. The number of amides is 1. The summed E-state index contributed by atoms with van der Waals surface area (Å²) in [7, 11) is 0. The number of alkyl halides is 3. The van der Waals surface area contributed by atoms with Crippen LogP contribution in [-0.2, 0) is 0 Å². The summed E-state index contributed by atoms with van der Waals surface area (Å²) in [6.45, 7) is 3.20. The van der Waals surface area contributed by atoms with Crippen LogP contribution in [0, 0.1) is 0 Å². The molecule has 1 saturated heterocycles. The number of halogens is 3. The third-order valence-corrected chi connectivity index (χ3v) is 8.70. The van der Waals surface area contributed by atoms with Crippen LogP contribution in [0.5, 0.6) is 0 Å². The molecule has 0 aromatic heterocycles. The molecule has 2 saturated carbocycles. The Labute approximate surface area is 212 Å². The molecule has 1 heterocycles. The Bertz CT molecular complexity index is 1000. The molecule has 2 aromatic rings. The normalized spacial score (nSPS) is 24.9. The van der Waals surface area contributed by atoms with Crippen LogP contribution in [0.1, 0.15) is 91.6 Å². The summed E-state index contributed by atoms with van der Waals surface area (Å²) in [5.74, 6) is -0.882. The molecule has 1 aliphatic heterocycles. The van der Waals surface area contributed by atoms with Gasteiger partial charge in [0.1, 0.15) is 0 Å². The molecular formula is C30H37F3N2O. The van der Waals surface area contributed by atoms with Crippen LogP contribution in [0.3, 0.4) is 0 Å². The Balaban J connectivity index is 1.16. The number of hydrogen-bond donors (Lipinski definition) is 0. The number of rotatable bonds is 6. The van der Waals surface area contributed by atoms with Crippen molar-refractivity contribution in [2.75, 3.05) is 13.1 Å². The molecule has 0 bridgehead atoms. The van der Waals surface area contributed by atoms with Gasteiger partial charge in [0.15, 0.2) is 0 Å². The van der Waals surface area contributed by atoms with E-state index >= 15 is 0 Å². The molecule has 3 aliphatic rings. The van der Waals surface area contributed by atoms with Crippen molar-refractivity contribution >= 4 is 5.91 Å². The molecule has 3 fully saturated rings. The average Bonchev–Trinajstić information content (AvgIpc) is 3.74. The van der Waals surface area contributed by atoms with E-state index < -0.39 is 12.1 Å². The zero-order chi connectivity index (χ0) is 25.3. The minimum absolute atomic E-state index is 0.0227. The topological polar surface area (TPSA) is 23.6 Å². The highest BCUT2D eigenvalue weighted by molar-refractivity contribution is 5.95. The SMILES string of the molecule is CC(c1ccc(C(=O)N(C2CC2)C2CCN([C@H]3CC[C@@H](c4ccccc4)CC3)CC2)cc1)C(F)(F)F. The maximum absolute atomic E-state index is 13.4. The number of carbonyl (C=O) groups excluding carboxylic acids is 1. The van der Waals surface area contributed by atoms with E-state index in [-0.39, 0.29) is 23.6 Å². The molecule has 0 radical (unpaired) electrons. The molecule has 0 spiro atoms. The maximum atomic E-state index is 13.4. The fourth-order valence-electron chi connectivity index (χ4n) is 6.26. The summed E-state index contributed by atoms with van der Waals surface area (Å²) in [4.78, 5) is 18.1. The van der Waals surface area contributed by atoms with Crippen molar-refractivity contribution in [3.8, 4) is 0 Å². The van der Waals surface area contributed by atoms with Crippen LogP contribution in [0.25, 0.3) is 0 Å². The van der Waals surface area contributed by atoms with Crippen LogP contribution in [0.15, 0.2) is 54.6 Å². The second-order valence-electron chi connectivity index (χ2n) is 11.0. The van der Waals surface area contributed by atoms with Crippen molar-refractivity contribution in [1.82, 2.24) is 9.80 Å². The monoisotopic (exact) mass is 498 g/mol. The van der Waals surface area contributed by atoms with Crippen molar-refractivity contribution in [2.24, 2.45) is 0 Å². The van der Waals surface area contributed by atoms with Crippen molar-refractivity contribution in [1.29, 1.82) is 0 Å². The highest BCUT2D eigenvalue weighted by Gasteiger charge is 2.40. The Morgan fingerprint density at radius 3 is 1.97 bits per heavy atom. The largest absolute Gasteiger partial charge is 0.395 e. The molecule has 1 atom stereocenters. The maximum Gasteiger partial charge on any atom is 0.395 e. The van der Waals surface area contributed by atoms with Crippen molar-refractivity contribution in [3.05, 3.63) is 71.3 Å². The van der Waals surface area contributed by atoms with Gasteiger partial charge in [-0.15, -0.1) is 0 Å². The summed E-state index contributed by atoms with van der Waals surface area (Å²) in [6.07, 6.45) is 4.68. The van der Waals surface area contributed by atoms with E-state index in [1.54, 1.807) is 12.1 Å². The van der Waals surface area contributed by atoms with Gasteiger partial charge in [-0.25, -0.2) is 0 Å². The average molecular weight is 499 g/mol. The minimum Gasteiger partial charge on any atom is -0.333 e. The zero-order valence-corrected chi connectivity index (χ0v) is 21.1. The highest BCUT2D eigenvalue weighted by Crippen LogP contribution is 2.38. The van der Waals surface area contributed by atoms with Crippen LogP contribution >= 0.6 is 0 Å². The van der Waals surface area contributed by atoms with Crippen molar-refractivity contribution in [3.63, 3.8) is 0 Å². The van der Waals surface area contributed by atoms with E-state index in [2.05, 4.69) is 40.1 Å². The van der Waals surface area contributed by atoms with E-state index in [1.165, 1.54) is 43.4 Å². The lowest BCUT2D eigenvalue weighted by atomic mass is 9.81. The summed E-state index contributed by atoms with van der Waals surface area (Å²) in [5, 5.41) is 0. The minimum atomic E-state index is -4.28. The summed E-state index contributed by atoms with van der Waals surface area (Å²) in [6, 6.07) is 18.1. The van der Waals surface area contributed by atoms with Crippen LogP contribution < -0.4 is 0 Å². The van der Waals surface area contributed by atoms with Gasteiger partial charge < -0.3 is 9.80 Å². The van der Waals surface area contributed by atoms with Gasteiger partial charge in [-0.1, -0.05) is 42.5 Å². The molecule has 1 unspecified atom stereocenters. The van der Waals surface area contributed by atoms with Crippen molar-refractivity contribution < 1.29 is 18.0 Å². The Morgan fingerprint density at radius 1 is 0.833 bits per heavy atom. The molecule has 2 aliphatic carbocycles. The van der Waals surface area contributed by atoms with Crippen molar-refractivity contribution in [2.45, 2.75) is 94.4 Å². The first kappa shape index (κ1) is 25.3. The predicted octanol–water partition coefficient (Wildman–Crippen LogP) is 7.15. The third kappa shape index (κ3) is 5.64. The second kappa shape index (κ2) is 10.6. The van der Waals surface area contributed by atoms with Gasteiger partial charge in [0.25, 0.3) is 5.91 Å². The van der Waals surface area contributed by atoms with Crippen LogP contribution in [-0.4, -0.2) is 53.1 Å². The molecule has 6 heteroatoms. The smallest absolute Gasteiger partial charge is 0.333 e. The lowest BCUT2D eigenvalue weighted by molar-refractivity contribution is -0.146. The summed E-state index contributed by atoms with van der Waals surface area (Å²) in [5.41, 5.74) is 2.17. The Kier molecular flexibility index (Phi) is 7.43. The van der Waals surface area contributed by atoms with Gasteiger partial charge in [0.2, 0.25) is 0 Å². The predicted molar refractivity (Wildman–Crippen MR) is 136 cm³/mol. The van der Waals surface area contributed by atoms with Gasteiger partial charge in [0, 0.05) is 36.8 Å².